The van der Waals surface area contributed by atoms with Gasteiger partial charge in [0, 0.05) is 0 Å². The van der Waals surface area contributed by atoms with Crippen molar-refractivity contribution in [1.29, 1.82) is 0 Å². The van der Waals surface area contributed by atoms with E-state index in [0.717, 1.165) is 5.75 Å². The summed E-state index contributed by atoms with van der Waals surface area (Å²) < 4.78 is 5.00. The summed E-state index contributed by atoms with van der Waals surface area (Å²) in [6.45, 7) is 2.04. The average molecular weight is 258 g/mol. The first-order chi connectivity index (χ1) is 5.74. The van der Waals surface area contributed by atoms with E-state index < -0.39 is 15.1 Å². The van der Waals surface area contributed by atoms with Gasteiger partial charge in [0.2, 0.25) is 0 Å². The van der Waals surface area contributed by atoms with Crippen LogP contribution in [-0.4, -0.2) is 7.11 Å². The fourth-order valence-corrected chi connectivity index (χ4v) is 0.742. The molecule has 0 N–H and O–H groups in total. The number of aryl methyl sites for hydroxylation is 1. The van der Waals surface area contributed by atoms with Crippen LogP contribution < -0.4 is 4.74 Å². The maximum absolute atomic E-state index is 5.00. The molecule has 0 aliphatic rings. The van der Waals surface area contributed by atoms with Gasteiger partial charge in [-0.15, -0.1) is 0 Å². The molecule has 0 bridgehead atoms. The van der Waals surface area contributed by atoms with Crippen LogP contribution in [0.15, 0.2) is 24.3 Å². The molecule has 1 aromatic rings. The van der Waals surface area contributed by atoms with Gasteiger partial charge >= 0.3 is 34.5 Å². The van der Waals surface area contributed by atoms with Gasteiger partial charge in [0.15, 0.2) is 0 Å². The third-order valence-corrected chi connectivity index (χ3v) is 1.23. The fourth-order valence-electron chi connectivity index (χ4n) is 0.742. The first-order valence-electron chi connectivity index (χ1n) is 3.47. The van der Waals surface area contributed by atoms with E-state index in [9.17, 15) is 0 Å². The topological polar surface area (TPSA) is 9.23 Å². The molecule has 1 rings (SSSR count). The summed E-state index contributed by atoms with van der Waals surface area (Å²) in [6, 6.07) is 7.96. The fraction of sp³-hybridized carbons (Fsp3) is 0.250. The molecular formula is C8H10Cl2OZn. The number of benzene rings is 1. The van der Waals surface area contributed by atoms with Crippen LogP contribution in [-0.2, 0) is 15.1 Å². The Balaban J connectivity index is 0.000000354. The Labute approximate surface area is 88.7 Å². The molecule has 0 radical (unpaired) electrons. The Kier molecular flexibility index (Phi) is 8.00. The molecule has 1 nitrogen and oxygen atoms in total. The summed E-state index contributed by atoms with van der Waals surface area (Å²) in [4.78, 5) is 0. The third-order valence-electron chi connectivity index (χ3n) is 1.23. The van der Waals surface area contributed by atoms with Gasteiger partial charge in [-0.1, -0.05) is 12.1 Å². The van der Waals surface area contributed by atoms with Crippen molar-refractivity contribution in [1.82, 2.24) is 0 Å². The van der Waals surface area contributed by atoms with E-state index >= 15 is 0 Å². The van der Waals surface area contributed by atoms with Gasteiger partial charge in [0.1, 0.15) is 5.75 Å². The monoisotopic (exact) mass is 256 g/mol. The van der Waals surface area contributed by atoms with Crippen LogP contribution in [0.1, 0.15) is 5.56 Å². The SMILES string of the molecule is COc1cccc(C)c1.[Cl][Zn][Cl]. The van der Waals surface area contributed by atoms with Crippen molar-refractivity contribution in [3.63, 3.8) is 0 Å². The van der Waals surface area contributed by atoms with Crippen LogP contribution in [0.3, 0.4) is 0 Å². The quantitative estimate of drug-likeness (QED) is 0.702. The Bertz CT molecular complexity index is 218. The van der Waals surface area contributed by atoms with Crippen molar-refractivity contribution in [2.45, 2.75) is 6.92 Å². The molecule has 0 aliphatic carbocycles. The zero-order valence-electron chi connectivity index (χ0n) is 7.18. The number of hydrogen-bond acceptors (Lipinski definition) is 1. The van der Waals surface area contributed by atoms with Gasteiger partial charge in [-0.25, -0.2) is 0 Å². The summed E-state index contributed by atoms with van der Waals surface area (Å²) in [5.74, 6) is 0.926. The molecule has 0 atom stereocenters. The molecule has 0 heterocycles. The predicted octanol–water partition coefficient (Wildman–Crippen LogP) is 3.38. The molecule has 0 saturated heterocycles. The summed E-state index contributed by atoms with van der Waals surface area (Å²) in [5, 5.41) is 0. The van der Waals surface area contributed by atoms with Gasteiger partial charge in [-0.05, 0) is 24.6 Å². The number of halogens is 2. The van der Waals surface area contributed by atoms with E-state index in [1.165, 1.54) is 5.56 Å². The zero-order valence-corrected chi connectivity index (χ0v) is 11.7. The molecule has 4 heteroatoms. The standard InChI is InChI=1S/C8H10O.2ClH.Zn/c1-7-4-3-5-8(6-7)9-2;;;/h3-6H,1-2H3;2*1H;/q;;;+2/p-2. The number of methoxy groups -OCH3 is 1. The Hall–Kier alpha value is 0.223. The van der Waals surface area contributed by atoms with Crippen LogP contribution >= 0.6 is 19.4 Å². The van der Waals surface area contributed by atoms with Gasteiger partial charge in [-0.3, -0.25) is 0 Å². The van der Waals surface area contributed by atoms with E-state index in [1.54, 1.807) is 7.11 Å². The van der Waals surface area contributed by atoms with Crippen LogP contribution in [0.4, 0.5) is 0 Å². The molecule has 0 amide bonds. The summed E-state index contributed by atoms with van der Waals surface area (Å²) in [7, 11) is 11.6. The van der Waals surface area contributed by atoms with E-state index in [0.29, 0.717) is 0 Å². The second-order valence-corrected chi connectivity index (χ2v) is 6.74. The molecule has 0 unspecified atom stereocenters. The molecule has 0 fully saturated rings. The average Bonchev–Trinajstić information content (AvgIpc) is 2.06. The summed E-state index contributed by atoms with van der Waals surface area (Å²) >= 11 is -0.931. The number of rotatable bonds is 1. The van der Waals surface area contributed by atoms with Gasteiger partial charge in [0.25, 0.3) is 0 Å². The number of ether oxygens (including phenoxy) is 1. The minimum absolute atomic E-state index is 0.926. The molecule has 1 aromatic carbocycles. The molecule has 64 valence electrons. The second kappa shape index (κ2) is 7.85. The molecule has 0 aliphatic heterocycles. The molecular weight excluding hydrogens is 248 g/mol. The Morgan fingerprint density at radius 1 is 1.33 bits per heavy atom. The van der Waals surface area contributed by atoms with Gasteiger partial charge in [-0.2, -0.15) is 0 Å². The molecule has 0 saturated carbocycles. The van der Waals surface area contributed by atoms with Crippen molar-refractivity contribution < 1.29 is 19.9 Å². The van der Waals surface area contributed by atoms with Gasteiger partial charge in [0.05, 0.1) is 7.11 Å². The second-order valence-electron chi connectivity index (χ2n) is 2.12. The first kappa shape index (κ1) is 12.2. The Morgan fingerprint density at radius 3 is 2.25 bits per heavy atom. The van der Waals surface area contributed by atoms with E-state index in [2.05, 4.69) is 0 Å². The zero-order chi connectivity index (χ0) is 9.40. The van der Waals surface area contributed by atoms with Crippen LogP contribution in [0.25, 0.3) is 0 Å². The predicted molar refractivity (Wildman–Crippen MR) is 49.4 cm³/mol. The molecule has 12 heavy (non-hydrogen) atoms. The Morgan fingerprint density at radius 2 is 1.92 bits per heavy atom. The van der Waals surface area contributed by atoms with Crippen molar-refractivity contribution in [2.75, 3.05) is 7.11 Å². The summed E-state index contributed by atoms with van der Waals surface area (Å²) in [6.07, 6.45) is 0. The van der Waals surface area contributed by atoms with Crippen molar-refractivity contribution >= 4 is 19.4 Å². The van der Waals surface area contributed by atoms with Crippen LogP contribution in [0.5, 0.6) is 5.75 Å². The third kappa shape index (κ3) is 5.82. The first-order valence-corrected chi connectivity index (χ1v) is 11.3. The van der Waals surface area contributed by atoms with Gasteiger partial charge < -0.3 is 4.74 Å². The van der Waals surface area contributed by atoms with E-state index in [-0.39, 0.29) is 0 Å². The normalized spacial score (nSPS) is 7.67. The molecule has 0 spiro atoms. The van der Waals surface area contributed by atoms with Crippen LogP contribution in [0.2, 0.25) is 0 Å². The van der Waals surface area contributed by atoms with E-state index in [1.807, 2.05) is 31.2 Å². The maximum atomic E-state index is 5.00. The van der Waals surface area contributed by atoms with Crippen molar-refractivity contribution in [3.05, 3.63) is 29.8 Å². The molecule has 0 aromatic heterocycles. The summed E-state index contributed by atoms with van der Waals surface area (Å²) in [5.41, 5.74) is 1.23. The van der Waals surface area contributed by atoms with Crippen molar-refractivity contribution in [3.8, 4) is 5.75 Å². The minimum atomic E-state index is -0.931. The number of hydrogen-bond donors (Lipinski definition) is 0. The van der Waals surface area contributed by atoms with Crippen LogP contribution in [0, 0.1) is 6.92 Å². The van der Waals surface area contributed by atoms with E-state index in [4.69, 9.17) is 24.1 Å². The van der Waals surface area contributed by atoms with Crippen molar-refractivity contribution in [2.24, 2.45) is 0 Å².